The van der Waals surface area contributed by atoms with E-state index in [0.717, 1.165) is 26.1 Å². The summed E-state index contributed by atoms with van der Waals surface area (Å²) in [5.41, 5.74) is 3.61. The molecule has 0 radical (unpaired) electrons. The molecule has 1 saturated heterocycles. The van der Waals surface area contributed by atoms with Crippen molar-refractivity contribution in [1.82, 2.24) is 0 Å². The molecule has 0 atom stereocenters. The first-order valence-corrected chi connectivity index (χ1v) is 12.3. The van der Waals surface area contributed by atoms with Crippen LogP contribution in [0, 0.1) is 24.5 Å². The number of halogens is 2. The Hall–Kier alpha value is -3.25. The number of carboxylic acids is 1. The van der Waals surface area contributed by atoms with Gasteiger partial charge in [-0.2, -0.15) is 0 Å². The summed E-state index contributed by atoms with van der Waals surface area (Å²) in [6.07, 6.45) is 1.33. The van der Waals surface area contributed by atoms with Gasteiger partial charge < -0.3 is 10.0 Å². The van der Waals surface area contributed by atoms with Gasteiger partial charge in [-0.05, 0) is 66.6 Å². The first-order chi connectivity index (χ1) is 16.4. The lowest BCUT2D eigenvalue weighted by Crippen LogP contribution is -2.35. The van der Waals surface area contributed by atoms with E-state index in [-0.39, 0.29) is 18.0 Å². The van der Waals surface area contributed by atoms with Crippen LogP contribution in [0.2, 0.25) is 0 Å². The lowest BCUT2D eigenvalue weighted by molar-refractivity contribution is -0.138. The van der Waals surface area contributed by atoms with E-state index in [9.17, 15) is 4.79 Å². The highest BCUT2D eigenvalue weighted by atomic mass is 32.1. The summed E-state index contributed by atoms with van der Waals surface area (Å²) >= 11 is 1.67. The molecule has 0 bridgehead atoms. The van der Waals surface area contributed by atoms with Gasteiger partial charge in [0.15, 0.2) is 0 Å². The number of aryl methyl sites for hydroxylation is 1. The summed E-state index contributed by atoms with van der Waals surface area (Å²) in [5.74, 6) is -1.94. The number of fused-ring (bicyclic) bond motifs is 1. The fourth-order valence-electron chi connectivity index (χ4n) is 4.88. The molecular weight excluding hydrogens is 452 g/mol. The standard InChI is InChI=1S/C28H25F2NO2S/c1-17-4-2-5-19(12-17)26-16-22-21(6-3-7-25(22)34-26)20-14-23(29)28(24(30)15-20)31-10-8-18(9-11-31)13-27(32)33/h2-7,12,14-16,18H,8-11,13H2,1H3,(H,32,33). The van der Waals surface area contributed by atoms with Gasteiger partial charge >= 0.3 is 5.97 Å². The summed E-state index contributed by atoms with van der Waals surface area (Å²) in [6, 6.07) is 19.1. The molecule has 174 valence electrons. The highest BCUT2D eigenvalue weighted by Crippen LogP contribution is 2.40. The van der Waals surface area contributed by atoms with Gasteiger partial charge in [0.05, 0.1) is 0 Å². The van der Waals surface area contributed by atoms with Crippen LogP contribution in [0.4, 0.5) is 14.5 Å². The number of anilines is 1. The molecule has 3 nitrogen and oxygen atoms in total. The number of nitrogens with zero attached hydrogens (tertiary/aromatic N) is 1. The average Bonchev–Trinajstić information content (AvgIpc) is 3.24. The second kappa shape index (κ2) is 9.18. The van der Waals surface area contributed by atoms with Gasteiger partial charge in [-0.25, -0.2) is 8.78 Å². The van der Waals surface area contributed by atoms with Gasteiger partial charge in [0.25, 0.3) is 0 Å². The molecule has 0 aliphatic carbocycles. The largest absolute Gasteiger partial charge is 0.481 e. The first-order valence-electron chi connectivity index (χ1n) is 11.4. The van der Waals surface area contributed by atoms with Crippen molar-refractivity contribution in [3.05, 3.63) is 77.9 Å². The summed E-state index contributed by atoms with van der Waals surface area (Å²) < 4.78 is 31.5. The molecule has 0 amide bonds. The smallest absolute Gasteiger partial charge is 0.303 e. The third-order valence-electron chi connectivity index (χ3n) is 6.59. The van der Waals surface area contributed by atoms with E-state index < -0.39 is 17.6 Å². The van der Waals surface area contributed by atoms with Crippen molar-refractivity contribution in [2.45, 2.75) is 26.2 Å². The van der Waals surface area contributed by atoms with Crippen LogP contribution in [0.15, 0.2) is 60.7 Å². The van der Waals surface area contributed by atoms with Gasteiger partial charge in [-0.3, -0.25) is 4.79 Å². The van der Waals surface area contributed by atoms with E-state index in [1.807, 2.05) is 24.3 Å². The Labute approximate surface area is 201 Å². The van der Waals surface area contributed by atoms with Crippen LogP contribution in [0.1, 0.15) is 24.8 Å². The van der Waals surface area contributed by atoms with Crippen LogP contribution in [0.25, 0.3) is 31.7 Å². The second-order valence-corrected chi connectivity index (χ2v) is 10.1. The van der Waals surface area contributed by atoms with Crippen molar-refractivity contribution in [2.75, 3.05) is 18.0 Å². The summed E-state index contributed by atoms with van der Waals surface area (Å²) in [4.78, 5) is 13.8. The van der Waals surface area contributed by atoms with Crippen LogP contribution in [-0.4, -0.2) is 24.2 Å². The van der Waals surface area contributed by atoms with E-state index in [4.69, 9.17) is 5.11 Å². The number of hydrogen-bond donors (Lipinski definition) is 1. The molecule has 2 heterocycles. The Bertz CT molecular complexity index is 1350. The minimum absolute atomic E-state index is 0.0181. The van der Waals surface area contributed by atoms with E-state index in [0.29, 0.717) is 31.5 Å². The molecule has 1 aliphatic rings. The van der Waals surface area contributed by atoms with Crippen LogP contribution >= 0.6 is 11.3 Å². The van der Waals surface area contributed by atoms with Crippen molar-refractivity contribution in [3.63, 3.8) is 0 Å². The Morgan fingerprint density at radius 1 is 1.00 bits per heavy atom. The minimum Gasteiger partial charge on any atom is -0.481 e. The monoisotopic (exact) mass is 477 g/mol. The number of hydrogen-bond acceptors (Lipinski definition) is 3. The van der Waals surface area contributed by atoms with Gasteiger partial charge in [0.2, 0.25) is 0 Å². The van der Waals surface area contributed by atoms with Crippen LogP contribution in [0.3, 0.4) is 0 Å². The summed E-state index contributed by atoms with van der Waals surface area (Å²) in [6.45, 7) is 2.96. The summed E-state index contributed by atoms with van der Waals surface area (Å²) in [7, 11) is 0. The number of rotatable bonds is 5. The van der Waals surface area contributed by atoms with E-state index in [2.05, 4.69) is 31.2 Å². The molecule has 34 heavy (non-hydrogen) atoms. The Morgan fingerprint density at radius 2 is 1.71 bits per heavy atom. The zero-order valence-electron chi connectivity index (χ0n) is 18.9. The van der Waals surface area contributed by atoms with Crippen molar-refractivity contribution >= 4 is 33.1 Å². The fourth-order valence-corrected chi connectivity index (χ4v) is 5.97. The molecule has 6 heteroatoms. The molecule has 0 saturated carbocycles. The molecule has 1 aliphatic heterocycles. The minimum atomic E-state index is -0.826. The van der Waals surface area contributed by atoms with E-state index in [1.54, 1.807) is 16.2 Å². The normalized spacial score (nSPS) is 14.6. The predicted octanol–water partition coefficient (Wildman–Crippen LogP) is 7.51. The molecule has 1 fully saturated rings. The Morgan fingerprint density at radius 3 is 2.38 bits per heavy atom. The number of piperidine rings is 1. The number of carbonyl (C=O) groups is 1. The molecule has 0 spiro atoms. The fraction of sp³-hybridized carbons (Fsp3) is 0.250. The number of carboxylic acid groups (broad SMARTS) is 1. The van der Waals surface area contributed by atoms with E-state index in [1.165, 1.54) is 17.7 Å². The zero-order chi connectivity index (χ0) is 23.8. The third-order valence-corrected chi connectivity index (χ3v) is 7.74. The molecule has 0 unspecified atom stereocenters. The van der Waals surface area contributed by atoms with Crippen LogP contribution in [-0.2, 0) is 4.79 Å². The van der Waals surface area contributed by atoms with Crippen molar-refractivity contribution in [3.8, 4) is 21.6 Å². The Kier molecular flexibility index (Phi) is 6.09. The maximum Gasteiger partial charge on any atom is 0.303 e. The average molecular weight is 478 g/mol. The van der Waals surface area contributed by atoms with Crippen LogP contribution in [0.5, 0.6) is 0 Å². The van der Waals surface area contributed by atoms with Crippen molar-refractivity contribution in [1.29, 1.82) is 0 Å². The zero-order valence-corrected chi connectivity index (χ0v) is 19.7. The predicted molar refractivity (Wildman–Crippen MR) is 135 cm³/mol. The first kappa shape index (κ1) is 22.5. The number of thiophene rings is 1. The van der Waals surface area contributed by atoms with Gasteiger partial charge in [-0.15, -0.1) is 11.3 Å². The molecule has 5 rings (SSSR count). The summed E-state index contributed by atoms with van der Waals surface area (Å²) in [5, 5.41) is 9.97. The lowest BCUT2D eigenvalue weighted by Gasteiger charge is -2.33. The maximum atomic E-state index is 15.2. The Balaban J connectivity index is 1.47. The molecule has 1 aromatic heterocycles. The quantitative estimate of drug-likeness (QED) is 0.323. The second-order valence-electron chi connectivity index (χ2n) is 9.01. The van der Waals surface area contributed by atoms with Gasteiger partial charge in [-0.1, -0.05) is 42.0 Å². The van der Waals surface area contributed by atoms with Gasteiger partial charge in [0.1, 0.15) is 17.3 Å². The highest BCUT2D eigenvalue weighted by molar-refractivity contribution is 7.22. The topological polar surface area (TPSA) is 40.5 Å². The van der Waals surface area contributed by atoms with Crippen molar-refractivity contribution < 1.29 is 18.7 Å². The lowest BCUT2D eigenvalue weighted by atomic mass is 9.93. The maximum absolute atomic E-state index is 15.2. The number of benzene rings is 3. The molecular formula is C28H25F2NO2S. The number of aliphatic carboxylic acids is 1. The molecule has 3 aromatic carbocycles. The SMILES string of the molecule is Cc1cccc(-c2cc3c(-c4cc(F)c(N5CCC(CC(=O)O)CC5)c(F)c4)cccc3s2)c1. The van der Waals surface area contributed by atoms with E-state index >= 15 is 8.78 Å². The molecule has 1 N–H and O–H groups in total. The highest BCUT2D eigenvalue weighted by Gasteiger charge is 2.26. The molecule has 4 aromatic rings. The van der Waals surface area contributed by atoms with Crippen molar-refractivity contribution in [2.24, 2.45) is 5.92 Å². The third kappa shape index (κ3) is 4.42. The van der Waals surface area contributed by atoms with Gasteiger partial charge in [0, 0.05) is 34.5 Å². The van der Waals surface area contributed by atoms with Crippen LogP contribution < -0.4 is 4.90 Å².